The Labute approximate surface area is 93.7 Å². The summed E-state index contributed by atoms with van der Waals surface area (Å²) in [7, 11) is 0. The van der Waals surface area contributed by atoms with Gasteiger partial charge in [-0.05, 0) is 23.8 Å². The molecule has 1 aromatic heterocycles. The summed E-state index contributed by atoms with van der Waals surface area (Å²) in [4.78, 5) is 3.26. The smallest absolute Gasteiger partial charge is 0.0535 e. The van der Waals surface area contributed by atoms with Crippen LogP contribution in [-0.4, -0.2) is 4.98 Å². The molecule has 0 atom stereocenters. The molecule has 0 aliphatic heterocycles. The van der Waals surface area contributed by atoms with E-state index in [1.807, 2.05) is 42.6 Å². The predicted octanol–water partition coefficient (Wildman–Crippen LogP) is 3.42. The fourth-order valence-corrected chi connectivity index (χ4v) is 2.04. The molecule has 0 spiro atoms. The molecule has 0 fully saturated rings. The second-order valence-corrected chi connectivity index (χ2v) is 3.88. The molecule has 0 saturated carbocycles. The second kappa shape index (κ2) is 3.42. The van der Waals surface area contributed by atoms with Crippen LogP contribution in [0.4, 0.5) is 5.69 Å². The summed E-state index contributed by atoms with van der Waals surface area (Å²) in [5.74, 6) is 0. The highest BCUT2D eigenvalue weighted by atomic mass is 14.7. The first kappa shape index (κ1) is 9.04. The van der Waals surface area contributed by atoms with Crippen LogP contribution >= 0.6 is 0 Å². The zero-order valence-electron chi connectivity index (χ0n) is 8.77. The SMILES string of the molecule is Nc1cc(-c2ccccc2)c2[nH]ccc2c1. The molecule has 3 N–H and O–H groups in total. The van der Waals surface area contributed by atoms with Gasteiger partial charge in [0, 0.05) is 22.8 Å². The monoisotopic (exact) mass is 208 g/mol. The van der Waals surface area contributed by atoms with E-state index in [1.54, 1.807) is 0 Å². The summed E-state index contributed by atoms with van der Waals surface area (Å²) in [6.45, 7) is 0. The van der Waals surface area contributed by atoms with Crippen LogP contribution in [0.1, 0.15) is 0 Å². The van der Waals surface area contributed by atoms with Gasteiger partial charge in [-0.25, -0.2) is 0 Å². The third kappa shape index (κ3) is 1.36. The Balaban J connectivity index is 2.34. The average Bonchev–Trinajstić information content (AvgIpc) is 2.77. The topological polar surface area (TPSA) is 41.8 Å². The van der Waals surface area contributed by atoms with Crippen molar-refractivity contribution in [2.24, 2.45) is 0 Å². The highest BCUT2D eigenvalue weighted by Crippen LogP contribution is 2.29. The van der Waals surface area contributed by atoms with Crippen molar-refractivity contribution in [1.29, 1.82) is 0 Å². The Morgan fingerprint density at radius 3 is 2.56 bits per heavy atom. The minimum Gasteiger partial charge on any atom is -0.399 e. The van der Waals surface area contributed by atoms with Crippen molar-refractivity contribution in [3.63, 3.8) is 0 Å². The Kier molecular flexibility index (Phi) is 1.93. The van der Waals surface area contributed by atoms with Gasteiger partial charge in [0.25, 0.3) is 0 Å². The normalized spacial score (nSPS) is 10.8. The molecule has 3 aromatic rings. The van der Waals surface area contributed by atoms with E-state index in [1.165, 1.54) is 5.56 Å². The number of hydrogen-bond donors (Lipinski definition) is 2. The number of nitrogens with two attached hydrogens (primary N) is 1. The minimum absolute atomic E-state index is 0.797. The maximum Gasteiger partial charge on any atom is 0.0535 e. The van der Waals surface area contributed by atoms with Crippen LogP contribution in [0.2, 0.25) is 0 Å². The summed E-state index contributed by atoms with van der Waals surface area (Å²) in [5, 5.41) is 1.15. The van der Waals surface area contributed by atoms with Crippen molar-refractivity contribution in [2.45, 2.75) is 0 Å². The molecule has 0 amide bonds. The number of hydrogen-bond acceptors (Lipinski definition) is 1. The molecule has 3 rings (SSSR count). The van der Waals surface area contributed by atoms with E-state index >= 15 is 0 Å². The number of aromatic nitrogens is 1. The first-order chi connectivity index (χ1) is 7.84. The molecule has 0 saturated heterocycles. The first-order valence-electron chi connectivity index (χ1n) is 5.26. The number of benzene rings is 2. The maximum absolute atomic E-state index is 5.91. The molecule has 0 unspecified atom stereocenters. The molecule has 0 aliphatic carbocycles. The molecule has 0 aliphatic rings. The Hall–Kier alpha value is -2.22. The summed E-state index contributed by atoms with van der Waals surface area (Å²) in [5.41, 5.74) is 10.2. The van der Waals surface area contributed by atoms with E-state index in [4.69, 9.17) is 5.73 Å². The van der Waals surface area contributed by atoms with Gasteiger partial charge in [0.05, 0.1) is 5.52 Å². The van der Waals surface area contributed by atoms with Crippen molar-refractivity contribution in [3.05, 3.63) is 54.7 Å². The number of anilines is 1. The Morgan fingerprint density at radius 1 is 0.938 bits per heavy atom. The van der Waals surface area contributed by atoms with Crippen LogP contribution < -0.4 is 5.73 Å². The van der Waals surface area contributed by atoms with Gasteiger partial charge in [0.1, 0.15) is 0 Å². The van der Waals surface area contributed by atoms with Crippen LogP contribution in [0, 0.1) is 0 Å². The highest BCUT2D eigenvalue weighted by molar-refractivity contribution is 5.96. The summed E-state index contributed by atoms with van der Waals surface area (Å²) >= 11 is 0. The molecule has 78 valence electrons. The maximum atomic E-state index is 5.91. The van der Waals surface area contributed by atoms with E-state index in [-0.39, 0.29) is 0 Å². The fraction of sp³-hybridized carbons (Fsp3) is 0. The van der Waals surface area contributed by atoms with Crippen molar-refractivity contribution < 1.29 is 0 Å². The molecule has 0 radical (unpaired) electrons. The van der Waals surface area contributed by atoms with E-state index < -0.39 is 0 Å². The van der Waals surface area contributed by atoms with Crippen LogP contribution in [0.5, 0.6) is 0 Å². The summed E-state index contributed by atoms with van der Waals surface area (Å²) < 4.78 is 0. The van der Waals surface area contributed by atoms with Gasteiger partial charge in [-0.2, -0.15) is 0 Å². The molecule has 2 nitrogen and oxygen atoms in total. The van der Waals surface area contributed by atoms with E-state index in [0.29, 0.717) is 0 Å². The van der Waals surface area contributed by atoms with Crippen LogP contribution in [0.15, 0.2) is 54.7 Å². The number of aromatic amines is 1. The largest absolute Gasteiger partial charge is 0.399 e. The Morgan fingerprint density at radius 2 is 1.75 bits per heavy atom. The van der Waals surface area contributed by atoms with Gasteiger partial charge >= 0.3 is 0 Å². The Bertz CT molecular complexity index is 624. The number of rotatable bonds is 1. The van der Waals surface area contributed by atoms with Crippen LogP contribution in [0.25, 0.3) is 22.0 Å². The quantitative estimate of drug-likeness (QED) is 0.591. The van der Waals surface area contributed by atoms with Gasteiger partial charge in [-0.1, -0.05) is 30.3 Å². The van der Waals surface area contributed by atoms with Crippen molar-refractivity contribution in [1.82, 2.24) is 4.98 Å². The van der Waals surface area contributed by atoms with Crippen molar-refractivity contribution in [3.8, 4) is 11.1 Å². The van der Waals surface area contributed by atoms with Gasteiger partial charge in [0.2, 0.25) is 0 Å². The fourth-order valence-electron chi connectivity index (χ4n) is 2.04. The van der Waals surface area contributed by atoms with Crippen LogP contribution in [0.3, 0.4) is 0 Å². The molecule has 1 heterocycles. The van der Waals surface area contributed by atoms with Gasteiger partial charge in [0.15, 0.2) is 0 Å². The zero-order chi connectivity index (χ0) is 11.0. The van der Waals surface area contributed by atoms with Crippen molar-refractivity contribution in [2.75, 3.05) is 5.73 Å². The lowest BCUT2D eigenvalue weighted by atomic mass is 10.0. The summed E-state index contributed by atoms with van der Waals surface area (Å²) in [6, 6.07) is 16.3. The number of fused-ring (bicyclic) bond motifs is 1. The van der Waals surface area contributed by atoms with Crippen molar-refractivity contribution >= 4 is 16.6 Å². The van der Waals surface area contributed by atoms with Gasteiger partial charge < -0.3 is 10.7 Å². The van der Waals surface area contributed by atoms with E-state index in [9.17, 15) is 0 Å². The third-order valence-electron chi connectivity index (χ3n) is 2.77. The average molecular weight is 208 g/mol. The number of nitrogens with one attached hydrogen (secondary N) is 1. The predicted molar refractivity (Wildman–Crippen MR) is 68.1 cm³/mol. The highest BCUT2D eigenvalue weighted by Gasteiger charge is 2.05. The standard InChI is InChI=1S/C14H12N2/c15-12-8-11-6-7-16-14(11)13(9-12)10-4-2-1-3-5-10/h1-9,16H,15H2. The lowest BCUT2D eigenvalue weighted by Crippen LogP contribution is -1.87. The third-order valence-corrected chi connectivity index (χ3v) is 2.77. The lowest BCUT2D eigenvalue weighted by Gasteiger charge is -2.05. The molecule has 2 aromatic carbocycles. The van der Waals surface area contributed by atoms with Crippen LogP contribution in [-0.2, 0) is 0 Å². The molecular weight excluding hydrogens is 196 g/mol. The summed E-state index contributed by atoms with van der Waals surface area (Å²) in [6.07, 6.45) is 1.94. The molecule has 0 bridgehead atoms. The van der Waals surface area contributed by atoms with Gasteiger partial charge in [-0.15, -0.1) is 0 Å². The first-order valence-corrected chi connectivity index (χ1v) is 5.26. The van der Waals surface area contributed by atoms with Gasteiger partial charge in [-0.3, -0.25) is 0 Å². The number of H-pyrrole nitrogens is 1. The molecular formula is C14H12N2. The zero-order valence-corrected chi connectivity index (χ0v) is 8.77. The minimum atomic E-state index is 0.797. The molecule has 2 heteroatoms. The lowest BCUT2D eigenvalue weighted by molar-refractivity contribution is 1.47. The second-order valence-electron chi connectivity index (χ2n) is 3.88. The number of nitrogen functional groups attached to an aromatic ring is 1. The van der Waals surface area contributed by atoms with E-state index in [0.717, 1.165) is 22.2 Å². The van der Waals surface area contributed by atoms with E-state index in [2.05, 4.69) is 17.1 Å². The molecule has 16 heavy (non-hydrogen) atoms.